The first kappa shape index (κ1) is 33.6. The van der Waals surface area contributed by atoms with Crippen LogP contribution in [0.3, 0.4) is 0 Å². The van der Waals surface area contributed by atoms with E-state index in [0.29, 0.717) is 17.5 Å². The summed E-state index contributed by atoms with van der Waals surface area (Å²) in [5.41, 5.74) is 14.8. The van der Waals surface area contributed by atoms with Crippen molar-refractivity contribution in [1.82, 2.24) is 15.0 Å². The van der Waals surface area contributed by atoms with Crippen molar-refractivity contribution in [1.29, 1.82) is 0 Å². The molecule has 0 unspecified atom stereocenters. The Hall–Kier alpha value is -6.97. The van der Waals surface area contributed by atoms with Crippen molar-refractivity contribution in [3.63, 3.8) is 0 Å². The van der Waals surface area contributed by atoms with E-state index in [1.807, 2.05) is 60.7 Å². The third-order valence-corrected chi connectivity index (χ3v) is 11.9. The van der Waals surface area contributed by atoms with E-state index >= 15 is 0 Å². The molecule has 0 amide bonds. The summed E-state index contributed by atoms with van der Waals surface area (Å²) in [6.07, 6.45) is 1.82. The van der Waals surface area contributed by atoms with Crippen LogP contribution in [0.2, 0.25) is 0 Å². The van der Waals surface area contributed by atoms with Crippen LogP contribution in [0.15, 0.2) is 183 Å². The molecule has 266 valence electrons. The minimum atomic E-state index is -0.461. The predicted molar refractivity (Wildman–Crippen MR) is 229 cm³/mol. The van der Waals surface area contributed by atoms with Crippen molar-refractivity contribution in [3.05, 3.63) is 232 Å². The second kappa shape index (κ2) is 12.8. The summed E-state index contributed by atoms with van der Waals surface area (Å²) < 4.78 is 0. The molecular weight excluding hydrogens is 679 g/mol. The van der Waals surface area contributed by atoms with Gasteiger partial charge in [-0.1, -0.05) is 197 Å². The Morgan fingerprint density at radius 3 is 1.70 bits per heavy atom. The van der Waals surface area contributed by atoms with Crippen LogP contribution >= 0.6 is 0 Å². The fraction of sp³-hybridized carbons (Fsp3) is 0.0755. The monoisotopic (exact) mass is 717 g/mol. The third-order valence-electron chi connectivity index (χ3n) is 11.9. The molecule has 0 bridgehead atoms. The van der Waals surface area contributed by atoms with Crippen LogP contribution in [0.1, 0.15) is 53.1 Å². The summed E-state index contributed by atoms with van der Waals surface area (Å²) in [5.74, 6) is 1.76. The number of aromatic nitrogens is 3. The van der Waals surface area contributed by atoms with Crippen molar-refractivity contribution in [2.75, 3.05) is 0 Å². The molecule has 7 aromatic carbocycles. The molecule has 0 fully saturated rings. The van der Waals surface area contributed by atoms with Crippen molar-refractivity contribution in [2.24, 2.45) is 0 Å². The molecule has 0 saturated heterocycles. The number of hydrogen-bond acceptors (Lipinski definition) is 3. The highest BCUT2D eigenvalue weighted by atomic mass is 15.0. The van der Waals surface area contributed by atoms with Gasteiger partial charge < -0.3 is 0 Å². The van der Waals surface area contributed by atoms with Gasteiger partial charge in [-0.05, 0) is 72.1 Å². The maximum Gasteiger partial charge on any atom is 0.164 e. The molecule has 8 aromatic rings. The van der Waals surface area contributed by atoms with Crippen LogP contribution in [0, 0.1) is 0 Å². The molecule has 1 spiro atoms. The topological polar surface area (TPSA) is 38.7 Å². The summed E-state index contributed by atoms with van der Waals surface area (Å²) in [7, 11) is 0. The fourth-order valence-electron chi connectivity index (χ4n) is 9.50. The molecule has 56 heavy (non-hydrogen) atoms. The zero-order chi connectivity index (χ0) is 38.0. The van der Waals surface area contributed by atoms with Crippen molar-refractivity contribution < 1.29 is 0 Å². The van der Waals surface area contributed by atoms with Gasteiger partial charge in [-0.25, -0.2) is 15.0 Å². The molecule has 3 nitrogen and oxygen atoms in total. The quantitative estimate of drug-likeness (QED) is 0.178. The molecule has 3 heteroatoms. The number of rotatable bonds is 5. The summed E-state index contributed by atoms with van der Waals surface area (Å²) in [6, 6.07) is 60.8. The average Bonchev–Trinajstić information content (AvgIpc) is 3.55. The Labute approximate surface area is 327 Å². The van der Waals surface area contributed by atoms with E-state index in [-0.39, 0.29) is 5.41 Å². The number of nitrogens with zero attached hydrogens (tertiary/aromatic N) is 3. The van der Waals surface area contributed by atoms with Gasteiger partial charge in [0, 0.05) is 22.1 Å². The maximum atomic E-state index is 5.15. The van der Waals surface area contributed by atoms with Crippen LogP contribution in [0.5, 0.6) is 0 Å². The molecule has 0 saturated carbocycles. The van der Waals surface area contributed by atoms with Gasteiger partial charge in [0.15, 0.2) is 17.5 Å². The van der Waals surface area contributed by atoms with Crippen molar-refractivity contribution in [3.8, 4) is 45.0 Å². The first-order valence-corrected chi connectivity index (χ1v) is 19.2. The minimum Gasteiger partial charge on any atom is -0.208 e. The van der Waals surface area contributed by atoms with Gasteiger partial charge in [0.2, 0.25) is 0 Å². The standard InChI is InChI=1S/C53H39N3/c1-5-38(39-24-10-9-19-34(39)2)51-55-49(35-20-7-6-8-21-35)54-50(56-51)37-23-17-22-36(33-37)40-27-18-32-47-48(40)52(3,4)45-30-15-16-31-46(45)53(47)43-28-13-11-25-41(43)42-26-12-14-29-44(42)53/h5-33H,1-2H2,3-4H3/b39-38+. The largest absolute Gasteiger partial charge is 0.208 e. The highest BCUT2D eigenvalue weighted by molar-refractivity contribution is 5.90. The van der Waals surface area contributed by atoms with Gasteiger partial charge in [-0.15, -0.1) is 0 Å². The van der Waals surface area contributed by atoms with Crippen LogP contribution in [0.25, 0.3) is 57.2 Å². The molecular formula is C53H39N3. The van der Waals surface area contributed by atoms with E-state index in [9.17, 15) is 0 Å². The Kier molecular flexibility index (Phi) is 7.69. The van der Waals surface area contributed by atoms with Gasteiger partial charge in [0.05, 0.1) is 5.41 Å². The Morgan fingerprint density at radius 1 is 0.482 bits per heavy atom. The highest BCUT2D eigenvalue weighted by Crippen LogP contribution is 2.63. The van der Waals surface area contributed by atoms with E-state index in [1.165, 1.54) is 50.1 Å². The predicted octanol–water partition coefficient (Wildman–Crippen LogP) is 10.7. The summed E-state index contributed by atoms with van der Waals surface area (Å²) in [5, 5.41) is 1.82. The molecule has 0 N–H and O–H groups in total. The molecule has 1 heterocycles. The zero-order valence-corrected chi connectivity index (χ0v) is 31.5. The molecule has 10 rings (SSSR count). The van der Waals surface area contributed by atoms with Gasteiger partial charge in [-0.2, -0.15) is 0 Å². The molecule has 0 aliphatic heterocycles. The fourth-order valence-corrected chi connectivity index (χ4v) is 9.50. The summed E-state index contributed by atoms with van der Waals surface area (Å²) >= 11 is 0. The zero-order valence-electron chi connectivity index (χ0n) is 31.5. The number of hydrogen-bond donors (Lipinski definition) is 0. The third kappa shape index (κ3) is 4.87. The molecule has 0 atom stereocenters. The van der Waals surface area contributed by atoms with Crippen LogP contribution < -0.4 is 10.4 Å². The molecule has 2 aliphatic rings. The van der Waals surface area contributed by atoms with E-state index in [2.05, 4.69) is 142 Å². The lowest BCUT2D eigenvalue weighted by Gasteiger charge is -2.47. The van der Waals surface area contributed by atoms with Gasteiger partial charge >= 0.3 is 0 Å². The molecule has 1 aromatic heterocycles. The number of benzene rings is 7. The molecule has 0 radical (unpaired) electrons. The Morgan fingerprint density at radius 2 is 1.00 bits per heavy atom. The number of allylic oxidation sites excluding steroid dienone is 1. The first-order chi connectivity index (χ1) is 27.4. The SMILES string of the molecule is C=C/C(c1nc(-c2ccccc2)nc(-c2cccc(-c3cccc4c3C(C)(C)c3ccccc3C43c4ccccc4-c4ccccc43)c2)n1)=c1/ccccc1=C. The van der Waals surface area contributed by atoms with Crippen molar-refractivity contribution in [2.45, 2.75) is 24.7 Å². The Bertz CT molecular complexity index is 2950. The van der Waals surface area contributed by atoms with Gasteiger partial charge in [-0.3, -0.25) is 0 Å². The van der Waals surface area contributed by atoms with Crippen molar-refractivity contribution >= 4 is 12.2 Å². The smallest absolute Gasteiger partial charge is 0.164 e. The second-order valence-electron chi connectivity index (χ2n) is 15.3. The van der Waals surface area contributed by atoms with E-state index in [4.69, 9.17) is 15.0 Å². The van der Waals surface area contributed by atoms with E-state index in [0.717, 1.165) is 32.7 Å². The minimum absolute atomic E-state index is 0.299. The lowest BCUT2D eigenvalue weighted by atomic mass is 9.54. The average molecular weight is 718 g/mol. The van der Waals surface area contributed by atoms with E-state index < -0.39 is 5.41 Å². The first-order valence-electron chi connectivity index (χ1n) is 19.2. The maximum absolute atomic E-state index is 5.15. The number of fused-ring (bicyclic) bond motifs is 9. The Balaban J connectivity index is 1.22. The lowest BCUT2D eigenvalue weighted by molar-refractivity contribution is 0.565. The van der Waals surface area contributed by atoms with Gasteiger partial charge in [0.1, 0.15) is 0 Å². The van der Waals surface area contributed by atoms with Crippen LogP contribution in [0.4, 0.5) is 0 Å². The molecule has 2 aliphatic carbocycles. The normalized spacial score (nSPS) is 14.6. The van der Waals surface area contributed by atoms with E-state index in [1.54, 1.807) is 0 Å². The lowest BCUT2D eigenvalue weighted by Crippen LogP contribution is -2.41. The van der Waals surface area contributed by atoms with Crippen LogP contribution in [-0.4, -0.2) is 15.0 Å². The van der Waals surface area contributed by atoms with Gasteiger partial charge in [0.25, 0.3) is 0 Å². The highest BCUT2D eigenvalue weighted by Gasteiger charge is 2.53. The summed E-state index contributed by atoms with van der Waals surface area (Å²) in [6.45, 7) is 13.2. The van der Waals surface area contributed by atoms with Crippen LogP contribution in [-0.2, 0) is 10.8 Å². The summed E-state index contributed by atoms with van der Waals surface area (Å²) in [4.78, 5) is 15.3. The second-order valence-corrected chi connectivity index (χ2v) is 15.3.